The normalized spacial score (nSPS) is 10.7. The summed E-state index contributed by atoms with van der Waals surface area (Å²) in [4.78, 5) is 15.0. The number of hydrogen-bond acceptors (Lipinski definition) is 5. The van der Waals surface area contributed by atoms with Gasteiger partial charge in [-0.1, -0.05) is 30.3 Å². The van der Waals surface area contributed by atoms with Gasteiger partial charge in [0.1, 0.15) is 11.5 Å². The van der Waals surface area contributed by atoms with Crippen LogP contribution >= 0.6 is 0 Å². The number of furan rings is 1. The van der Waals surface area contributed by atoms with Crippen molar-refractivity contribution in [1.82, 2.24) is 14.7 Å². The largest absolute Gasteiger partial charge is 0.493 e. The second-order valence-corrected chi connectivity index (χ2v) is 7.38. The van der Waals surface area contributed by atoms with Gasteiger partial charge in [0.2, 0.25) is 0 Å². The van der Waals surface area contributed by atoms with Crippen LogP contribution in [-0.2, 0) is 13.1 Å². The number of ether oxygens (including phenoxy) is 2. The van der Waals surface area contributed by atoms with E-state index < -0.39 is 0 Å². The van der Waals surface area contributed by atoms with Crippen LogP contribution in [0.3, 0.4) is 0 Å². The van der Waals surface area contributed by atoms with Crippen molar-refractivity contribution in [2.75, 3.05) is 21.3 Å². The number of aromatic nitrogens is 2. The summed E-state index contributed by atoms with van der Waals surface area (Å²) in [5, 5.41) is 4.76. The summed E-state index contributed by atoms with van der Waals surface area (Å²) in [6, 6.07) is 19.2. The highest BCUT2D eigenvalue weighted by atomic mass is 16.5. The van der Waals surface area contributed by atoms with Crippen LogP contribution in [0, 0.1) is 0 Å². The second kappa shape index (κ2) is 9.43. The van der Waals surface area contributed by atoms with Gasteiger partial charge in [-0.15, -0.1) is 0 Å². The van der Waals surface area contributed by atoms with Gasteiger partial charge in [0.15, 0.2) is 11.5 Å². The van der Waals surface area contributed by atoms with Gasteiger partial charge in [-0.3, -0.25) is 9.48 Å². The van der Waals surface area contributed by atoms with E-state index in [0.717, 1.165) is 11.1 Å². The molecule has 2 heterocycles. The maximum absolute atomic E-state index is 13.4. The Bertz CT molecular complexity index is 1180. The van der Waals surface area contributed by atoms with E-state index in [4.69, 9.17) is 19.0 Å². The first-order valence-electron chi connectivity index (χ1n) is 10.2. The number of amides is 1. The average Bonchev–Trinajstić information content (AvgIpc) is 3.48. The lowest BCUT2D eigenvalue weighted by Gasteiger charge is -2.16. The molecule has 1 amide bonds. The summed E-state index contributed by atoms with van der Waals surface area (Å²) in [6.07, 6.45) is 3.39. The average molecular weight is 431 g/mol. The first kappa shape index (κ1) is 21.2. The molecule has 0 spiro atoms. The second-order valence-electron chi connectivity index (χ2n) is 7.38. The van der Waals surface area contributed by atoms with Gasteiger partial charge in [0.05, 0.1) is 39.1 Å². The molecule has 4 aromatic rings. The van der Waals surface area contributed by atoms with Crippen molar-refractivity contribution in [3.63, 3.8) is 0 Å². The molecule has 7 nitrogen and oxygen atoms in total. The highest BCUT2D eigenvalue weighted by Gasteiger charge is 2.23. The SMILES string of the molecule is COc1ccc(-c2nn(Cc3ccccc3)cc2C(=O)N(C)Cc2ccco2)cc1OC. The fraction of sp³-hybridized carbons (Fsp3) is 0.200. The van der Waals surface area contributed by atoms with E-state index in [1.807, 2.05) is 54.6 Å². The molecule has 7 heteroatoms. The molecule has 0 atom stereocenters. The first-order chi connectivity index (χ1) is 15.6. The molecule has 32 heavy (non-hydrogen) atoms. The maximum atomic E-state index is 13.4. The number of hydrogen-bond donors (Lipinski definition) is 0. The molecule has 4 rings (SSSR count). The van der Waals surface area contributed by atoms with E-state index >= 15 is 0 Å². The van der Waals surface area contributed by atoms with Crippen LogP contribution in [0.2, 0.25) is 0 Å². The molecular formula is C25H25N3O4. The monoisotopic (exact) mass is 431 g/mol. The highest BCUT2D eigenvalue weighted by Crippen LogP contribution is 2.33. The standard InChI is InChI=1S/C25H25N3O4/c1-27(16-20-10-7-13-32-20)25(29)21-17-28(15-18-8-5-4-6-9-18)26-24(21)19-11-12-22(30-2)23(14-19)31-3/h4-14,17H,15-16H2,1-3H3. The summed E-state index contributed by atoms with van der Waals surface area (Å²) < 4.78 is 18.0. The molecular weight excluding hydrogens is 406 g/mol. The van der Waals surface area contributed by atoms with Crippen LogP contribution in [0.4, 0.5) is 0 Å². The molecule has 0 unspecified atom stereocenters. The molecule has 0 aliphatic rings. The summed E-state index contributed by atoms with van der Waals surface area (Å²) in [5.74, 6) is 1.75. The minimum absolute atomic E-state index is 0.148. The van der Waals surface area contributed by atoms with Crippen molar-refractivity contribution < 1.29 is 18.7 Å². The zero-order valence-corrected chi connectivity index (χ0v) is 18.3. The number of benzene rings is 2. The van der Waals surface area contributed by atoms with Crippen LogP contribution in [0.5, 0.6) is 11.5 Å². The lowest BCUT2D eigenvalue weighted by atomic mass is 10.1. The van der Waals surface area contributed by atoms with E-state index in [9.17, 15) is 4.79 Å². The van der Waals surface area contributed by atoms with E-state index in [1.165, 1.54) is 0 Å². The van der Waals surface area contributed by atoms with Crippen LogP contribution in [0.15, 0.2) is 77.5 Å². The number of carbonyl (C=O) groups excluding carboxylic acids is 1. The zero-order chi connectivity index (χ0) is 22.5. The lowest BCUT2D eigenvalue weighted by molar-refractivity contribution is 0.0776. The molecule has 164 valence electrons. The molecule has 0 radical (unpaired) electrons. The van der Waals surface area contributed by atoms with Crippen LogP contribution in [-0.4, -0.2) is 41.9 Å². The fourth-order valence-corrected chi connectivity index (χ4v) is 3.54. The van der Waals surface area contributed by atoms with Gasteiger partial charge in [-0.2, -0.15) is 5.10 Å². The Morgan fingerprint density at radius 1 is 1.03 bits per heavy atom. The molecule has 0 aliphatic carbocycles. The van der Waals surface area contributed by atoms with Crippen molar-refractivity contribution in [1.29, 1.82) is 0 Å². The topological polar surface area (TPSA) is 69.7 Å². The predicted octanol–water partition coefficient (Wildman–Crippen LogP) is 4.48. The Hall–Kier alpha value is -4.00. The van der Waals surface area contributed by atoms with Crippen molar-refractivity contribution in [3.8, 4) is 22.8 Å². The number of nitrogens with zero attached hydrogens (tertiary/aromatic N) is 3. The van der Waals surface area contributed by atoms with E-state index in [0.29, 0.717) is 41.6 Å². The number of rotatable bonds is 8. The van der Waals surface area contributed by atoms with Crippen molar-refractivity contribution >= 4 is 5.91 Å². The van der Waals surface area contributed by atoms with Crippen molar-refractivity contribution in [2.24, 2.45) is 0 Å². The zero-order valence-electron chi connectivity index (χ0n) is 18.3. The molecule has 0 aliphatic heterocycles. The fourth-order valence-electron chi connectivity index (χ4n) is 3.54. The summed E-state index contributed by atoms with van der Waals surface area (Å²) in [6.45, 7) is 0.914. The minimum Gasteiger partial charge on any atom is -0.493 e. The van der Waals surface area contributed by atoms with Crippen LogP contribution < -0.4 is 9.47 Å². The Labute approximate surface area is 186 Å². The van der Waals surface area contributed by atoms with Crippen LogP contribution in [0.25, 0.3) is 11.3 Å². The molecule has 0 saturated heterocycles. The van der Waals surface area contributed by atoms with Crippen LogP contribution in [0.1, 0.15) is 21.7 Å². The Kier molecular flexibility index (Phi) is 6.26. The van der Waals surface area contributed by atoms with Gasteiger partial charge >= 0.3 is 0 Å². The Balaban J connectivity index is 1.72. The van der Waals surface area contributed by atoms with E-state index in [2.05, 4.69) is 0 Å². The van der Waals surface area contributed by atoms with Crippen molar-refractivity contribution in [2.45, 2.75) is 13.1 Å². The third kappa shape index (κ3) is 4.51. The Morgan fingerprint density at radius 2 is 1.81 bits per heavy atom. The van der Waals surface area contributed by atoms with E-state index in [-0.39, 0.29) is 5.91 Å². The van der Waals surface area contributed by atoms with Gasteiger partial charge in [-0.25, -0.2) is 0 Å². The van der Waals surface area contributed by atoms with Crippen molar-refractivity contribution in [3.05, 3.63) is 90.0 Å². The quantitative estimate of drug-likeness (QED) is 0.411. The highest BCUT2D eigenvalue weighted by molar-refractivity contribution is 5.99. The maximum Gasteiger partial charge on any atom is 0.257 e. The number of carbonyl (C=O) groups is 1. The number of methoxy groups -OCH3 is 2. The summed E-state index contributed by atoms with van der Waals surface area (Å²) in [5.41, 5.74) is 2.95. The van der Waals surface area contributed by atoms with Gasteiger partial charge in [-0.05, 0) is 35.9 Å². The third-order valence-corrected chi connectivity index (χ3v) is 5.16. The van der Waals surface area contributed by atoms with Gasteiger partial charge in [0.25, 0.3) is 5.91 Å². The van der Waals surface area contributed by atoms with E-state index in [1.54, 1.807) is 49.4 Å². The molecule has 0 saturated carbocycles. The minimum atomic E-state index is -0.148. The molecule has 0 bridgehead atoms. The molecule has 0 fully saturated rings. The van der Waals surface area contributed by atoms with Gasteiger partial charge < -0.3 is 18.8 Å². The van der Waals surface area contributed by atoms with Gasteiger partial charge in [0, 0.05) is 18.8 Å². The summed E-state index contributed by atoms with van der Waals surface area (Å²) >= 11 is 0. The smallest absolute Gasteiger partial charge is 0.257 e. The Morgan fingerprint density at radius 3 is 2.50 bits per heavy atom. The molecule has 2 aromatic heterocycles. The summed E-state index contributed by atoms with van der Waals surface area (Å²) in [7, 11) is 4.92. The first-order valence-corrected chi connectivity index (χ1v) is 10.2. The lowest BCUT2D eigenvalue weighted by Crippen LogP contribution is -2.26. The third-order valence-electron chi connectivity index (χ3n) is 5.16. The molecule has 0 N–H and O–H groups in total. The predicted molar refractivity (Wildman–Crippen MR) is 121 cm³/mol. The molecule has 2 aromatic carbocycles.